The average molecular weight is 265 g/mol. The summed E-state index contributed by atoms with van der Waals surface area (Å²) in [5, 5.41) is 3.72. The van der Waals surface area contributed by atoms with E-state index in [4.69, 9.17) is 0 Å². The topological polar surface area (TPSA) is 12.0 Å². The zero-order valence-electron chi connectivity index (χ0n) is 12.1. The van der Waals surface area contributed by atoms with Gasteiger partial charge in [0.2, 0.25) is 0 Å². The van der Waals surface area contributed by atoms with Crippen LogP contribution >= 0.6 is 0 Å². The van der Waals surface area contributed by atoms with Gasteiger partial charge in [-0.15, -0.1) is 0 Å². The fourth-order valence-electron chi connectivity index (χ4n) is 3.02. The van der Waals surface area contributed by atoms with Crippen LogP contribution in [0.25, 0.3) is 0 Å². The number of hydrogen-bond donors (Lipinski definition) is 1. The fraction of sp³-hybridized carbons (Fsp3) is 0.368. The zero-order valence-corrected chi connectivity index (χ0v) is 12.1. The van der Waals surface area contributed by atoms with E-state index < -0.39 is 0 Å². The van der Waals surface area contributed by atoms with Crippen LogP contribution < -0.4 is 5.32 Å². The van der Waals surface area contributed by atoms with Crippen LogP contribution in [-0.4, -0.2) is 12.6 Å². The molecule has 0 saturated heterocycles. The van der Waals surface area contributed by atoms with Gasteiger partial charge in [0.05, 0.1) is 0 Å². The van der Waals surface area contributed by atoms with Crippen LogP contribution in [0.4, 0.5) is 0 Å². The van der Waals surface area contributed by atoms with Crippen LogP contribution in [0, 0.1) is 0 Å². The minimum Gasteiger partial charge on any atom is -0.313 e. The molecular weight excluding hydrogens is 242 g/mol. The lowest BCUT2D eigenvalue weighted by atomic mass is 9.76. The monoisotopic (exact) mass is 265 g/mol. The zero-order chi connectivity index (χ0) is 13.8. The Morgan fingerprint density at radius 3 is 2.20 bits per heavy atom. The Balaban J connectivity index is 1.43. The van der Waals surface area contributed by atoms with Crippen molar-refractivity contribution >= 4 is 0 Å². The molecular formula is C19H23N. The first-order valence-electron chi connectivity index (χ1n) is 7.66. The summed E-state index contributed by atoms with van der Waals surface area (Å²) in [4.78, 5) is 0. The second kappa shape index (κ2) is 6.23. The summed E-state index contributed by atoms with van der Waals surface area (Å²) < 4.78 is 0. The van der Waals surface area contributed by atoms with Gasteiger partial charge in [-0.25, -0.2) is 0 Å². The van der Waals surface area contributed by atoms with Gasteiger partial charge in [-0.05, 0) is 35.8 Å². The molecule has 1 aliphatic rings. The number of nitrogens with one attached hydrogen (secondary N) is 1. The van der Waals surface area contributed by atoms with Crippen molar-refractivity contribution in [2.75, 3.05) is 6.54 Å². The molecule has 0 bridgehead atoms. The van der Waals surface area contributed by atoms with Gasteiger partial charge in [0.25, 0.3) is 0 Å². The molecule has 0 spiro atoms. The molecule has 1 atom stereocenters. The Morgan fingerprint density at radius 1 is 0.950 bits per heavy atom. The maximum atomic E-state index is 3.72. The molecule has 3 rings (SSSR count). The Morgan fingerprint density at radius 2 is 1.55 bits per heavy atom. The molecule has 1 heteroatoms. The molecule has 1 fully saturated rings. The van der Waals surface area contributed by atoms with Crippen molar-refractivity contribution in [2.24, 2.45) is 0 Å². The highest BCUT2D eigenvalue weighted by Crippen LogP contribution is 2.36. The summed E-state index contributed by atoms with van der Waals surface area (Å²) in [6.07, 6.45) is 2.57. The molecule has 1 N–H and O–H groups in total. The van der Waals surface area contributed by atoms with Crippen LogP contribution in [0.3, 0.4) is 0 Å². The van der Waals surface area contributed by atoms with E-state index in [1.807, 2.05) is 0 Å². The van der Waals surface area contributed by atoms with Gasteiger partial charge in [-0.1, -0.05) is 67.6 Å². The second-order valence-corrected chi connectivity index (χ2v) is 6.00. The Labute approximate surface area is 122 Å². The quantitative estimate of drug-likeness (QED) is 0.848. The number of rotatable bonds is 5. The Hall–Kier alpha value is -1.60. The highest BCUT2D eigenvalue weighted by Gasteiger charge is 2.29. The van der Waals surface area contributed by atoms with E-state index in [-0.39, 0.29) is 0 Å². The third kappa shape index (κ3) is 3.10. The molecule has 1 nitrogen and oxygen atoms in total. The normalized spacial score (nSPS) is 23.1. The fourth-order valence-corrected chi connectivity index (χ4v) is 3.02. The largest absolute Gasteiger partial charge is 0.313 e. The molecule has 0 aliphatic heterocycles. The van der Waals surface area contributed by atoms with Crippen LogP contribution in [-0.2, 0) is 0 Å². The van der Waals surface area contributed by atoms with Gasteiger partial charge in [0, 0.05) is 12.6 Å². The van der Waals surface area contributed by atoms with Crippen molar-refractivity contribution in [1.82, 2.24) is 5.32 Å². The summed E-state index contributed by atoms with van der Waals surface area (Å²) in [6.45, 7) is 3.38. The van der Waals surface area contributed by atoms with Crippen LogP contribution in [0.2, 0.25) is 0 Å². The average Bonchev–Trinajstić information content (AvgIpc) is 2.47. The standard InChI is InChI=1S/C19H23N/c1-15(16-8-4-2-5-9-16)14-20-19-12-18(13-19)17-10-6-3-7-11-17/h2-11,15,18-20H,12-14H2,1H3. The Bertz CT molecular complexity index is 514. The third-order valence-corrected chi connectivity index (χ3v) is 4.49. The van der Waals surface area contributed by atoms with Crippen molar-refractivity contribution in [3.05, 3.63) is 71.8 Å². The number of hydrogen-bond acceptors (Lipinski definition) is 1. The molecule has 1 unspecified atom stereocenters. The minimum absolute atomic E-state index is 0.590. The summed E-state index contributed by atoms with van der Waals surface area (Å²) in [6, 6.07) is 22.4. The van der Waals surface area contributed by atoms with Crippen molar-refractivity contribution in [2.45, 2.75) is 37.6 Å². The van der Waals surface area contributed by atoms with E-state index in [1.165, 1.54) is 24.0 Å². The molecule has 1 saturated carbocycles. The smallest absolute Gasteiger partial charge is 0.00789 e. The van der Waals surface area contributed by atoms with Gasteiger partial charge in [0.1, 0.15) is 0 Å². The molecule has 1 aliphatic carbocycles. The van der Waals surface area contributed by atoms with E-state index in [0.29, 0.717) is 12.0 Å². The first-order chi connectivity index (χ1) is 9.83. The second-order valence-electron chi connectivity index (χ2n) is 6.00. The lowest BCUT2D eigenvalue weighted by Gasteiger charge is -2.37. The maximum absolute atomic E-state index is 3.72. The van der Waals surface area contributed by atoms with E-state index in [0.717, 1.165) is 12.5 Å². The maximum Gasteiger partial charge on any atom is 0.00789 e. The predicted molar refractivity (Wildman–Crippen MR) is 85.1 cm³/mol. The van der Waals surface area contributed by atoms with Crippen LogP contribution in [0.15, 0.2) is 60.7 Å². The molecule has 0 radical (unpaired) electrons. The van der Waals surface area contributed by atoms with Gasteiger partial charge in [-0.2, -0.15) is 0 Å². The highest BCUT2D eigenvalue weighted by molar-refractivity contribution is 5.23. The number of benzene rings is 2. The Kier molecular flexibility index (Phi) is 4.17. The molecule has 104 valence electrons. The van der Waals surface area contributed by atoms with E-state index in [1.54, 1.807) is 0 Å². The van der Waals surface area contributed by atoms with Gasteiger partial charge >= 0.3 is 0 Å². The van der Waals surface area contributed by atoms with Gasteiger partial charge in [0.15, 0.2) is 0 Å². The molecule has 0 amide bonds. The summed E-state index contributed by atoms with van der Waals surface area (Å²) in [7, 11) is 0. The minimum atomic E-state index is 0.590. The van der Waals surface area contributed by atoms with Crippen molar-refractivity contribution in [3.63, 3.8) is 0 Å². The SMILES string of the molecule is CC(CNC1CC(c2ccccc2)C1)c1ccccc1. The highest BCUT2D eigenvalue weighted by atomic mass is 14.9. The van der Waals surface area contributed by atoms with E-state index >= 15 is 0 Å². The van der Waals surface area contributed by atoms with Crippen molar-refractivity contribution < 1.29 is 0 Å². The van der Waals surface area contributed by atoms with Crippen molar-refractivity contribution in [3.8, 4) is 0 Å². The van der Waals surface area contributed by atoms with E-state index in [9.17, 15) is 0 Å². The van der Waals surface area contributed by atoms with Crippen molar-refractivity contribution in [1.29, 1.82) is 0 Å². The molecule has 2 aromatic carbocycles. The summed E-state index contributed by atoms with van der Waals surface area (Å²) in [5.74, 6) is 1.35. The lowest BCUT2D eigenvalue weighted by molar-refractivity contribution is 0.287. The lowest BCUT2D eigenvalue weighted by Crippen LogP contribution is -2.41. The molecule has 0 heterocycles. The molecule has 0 aromatic heterocycles. The molecule has 20 heavy (non-hydrogen) atoms. The van der Waals surface area contributed by atoms with Gasteiger partial charge < -0.3 is 5.32 Å². The first-order valence-corrected chi connectivity index (χ1v) is 7.66. The summed E-state index contributed by atoms with van der Waals surface area (Å²) >= 11 is 0. The summed E-state index contributed by atoms with van der Waals surface area (Å²) in [5.41, 5.74) is 2.93. The first kappa shape index (κ1) is 13.4. The van der Waals surface area contributed by atoms with Crippen LogP contribution in [0.5, 0.6) is 0 Å². The van der Waals surface area contributed by atoms with Gasteiger partial charge in [-0.3, -0.25) is 0 Å². The predicted octanol–water partition coefficient (Wildman–Crippen LogP) is 4.33. The van der Waals surface area contributed by atoms with E-state index in [2.05, 4.69) is 72.9 Å². The van der Waals surface area contributed by atoms with Crippen LogP contribution in [0.1, 0.15) is 42.7 Å². The third-order valence-electron chi connectivity index (χ3n) is 4.49. The molecule has 2 aromatic rings.